The predicted octanol–water partition coefficient (Wildman–Crippen LogP) is 6.61. The molecule has 0 unspecified atom stereocenters. The van der Waals surface area contributed by atoms with Crippen LogP contribution in [-0.4, -0.2) is 43.3 Å². The number of nitriles is 1. The highest BCUT2D eigenvalue weighted by molar-refractivity contribution is 6.36. The van der Waals surface area contributed by atoms with Crippen LogP contribution in [0.15, 0.2) is 66.9 Å². The van der Waals surface area contributed by atoms with Gasteiger partial charge in [-0.05, 0) is 53.1 Å². The first-order valence-corrected chi connectivity index (χ1v) is 12.3. The van der Waals surface area contributed by atoms with Crippen LogP contribution in [0.5, 0.6) is 0 Å². The normalized spacial score (nSPS) is 14.1. The molecule has 4 aromatic rings. The Balaban J connectivity index is 1.54. The van der Waals surface area contributed by atoms with Gasteiger partial charge in [-0.2, -0.15) is 5.26 Å². The molecule has 6 nitrogen and oxygen atoms in total. The molecule has 1 saturated heterocycles. The van der Waals surface area contributed by atoms with Crippen molar-refractivity contribution in [3.63, 3.8) is 0 Å². The molecule has 1 aliphatic rings. The zero-order valence-corrected chi connectivity index (χ0v) is 21.3. The minimum atomic E-state index is 0.371. The number of fused-ring (bicyclic) bond motifs is 1. The largest absolute Gasteiger partial charge is 0.379 e. The van der Waals surface area contributed by atoms with E-state index < -0.39 is 0 Å². The summed E-state index contributed by atoms with van der Waals surface area (Å²) >= 11 is 12.6. The maximum atomic E-state index is 9.84. The second-order valence-electron chi connectivity index (χ2n) is 8.53. The van der Waals surface area contributed by atoms with Gasteiger partial charge in [0.2, 0.25) is 0 Å². The Bertz CT molecular complexity index is 1450. The maximum absolute atomic E-state index is 9.84. The summed E-state index contributed by atoms with van der Waals surface area (Å²) in [5.41, 5.74) is 5.67. The van der Waals surface area contributed by atoms with Crippen LogP contribution in [0.25, 0.3) is 22.0 Å². The first kappa shape index (κ1) is 24.5. The van der Waals surface area contributed by atoms with Gasteiger partial charge in [0.05, 0.1) is 47.8 Å². The smallest absolute Gasteiger partial charge is 0.103 e. The second-order valence-corrected chi connectivity index (χ2v) is 9.37. The van der Waals surface area contributed by atoms with Gasteiger partial charge in [-0.25, -0.2) is 5.06 Å². The summed E-state index contributed by atoms with van der Waals surface area (Å²) in [5.74, 6) is 0. The molecule has 3 aromatic carbocycles. The number of benzene rings is 3. The van der Waals surface area contributed by atoms with E-state index in [0.29, 0.717) is 27.0 Å². The molecule has 1 aliphatic heterocycles. The average molecular weight is 519 g/mol. The van der Waals surface area contributed by atoms with E-state index in [9.17, 15) is 5.26 Å². The van der Waals surface area contributed by atoms with Crippen molar-refractivity contribution >= 4 is 45.5 Å². The minimum absolute atomic E-state index is 0.371. The number of ether oxygens (including phenoxy) is 1. The SMILES string of the molecule is CON(c1ccc(Cl)cc1Cl)c1c(C#N)cnc2cc(-c3cccc(CN4CCOCC4)c3)ccc12. The zero-order valence-electron chi connectivity index (χ0n) is 19.7. The van der Waals surface area contributed by atoms with Crippen molar-refractivity contribution in [3.05, 3.63) is 88.0 Å². The van der Waals surface area contributed by atoms with Crippen molar-refractivity contribution in [1.82, 2.24) is 9.88 Å². The maximum Gasteiger partial charge on any atom is 0.103 e. The Morgan fingerprint density at radius 2 is 1.86 bits per heavy atom. The topological polar surface area (TPSA) is 61.6 Å². The van der Waals surface area contributed by atoms with Crippen LogP contribution in [-0.2, 0) is 16.1 Å². The van der Waals surface area contributed by atoms with E-state index in [2.05, 4.69) is 40.2 Å². The van der Waals surface area contributed by atoms with Crippen LogP contribution in [0.2, 0.25) is 10.0 Å². The van der Waals surface area contributed by atoms with E-state index in [4.69, 9.17) is 32.8 Å². The molecule has 2 heterocycles. The number of nitrogens with zero attached hydrogens (tertiary/aromatic N) is 4. The molecule has 8 heteroatoms. The summed E-state index contributed by atoms with van der Waals surface area (Å²) in [4.78, 5) is 12.7. The molecule has 5 rings (SSSR count). The number of rotatable bonds is 6. The summed E-state index contributed by atoms with van der Waals surface area (Å²) in [6.45, 7) is 4.35. The van der Waals surface area contributed by atoms with Gasteiger partial charge in [0.25, 0.3) is 0 Å². The van der Waals surface area contributed by atoms with E-state index >= 15 is 0 Å². The molecule has 0 saturated carbocycles. The molecule has 0 N–H and O–H groups in total. The molecule has 182 valence electrons. The van der Waals surface area contributed by atoms with Gasteiger partial charge in [-0.3, -0.25) is 14.7 Å². The predicted molar refractivity (Wildman–Crippen MR) is 144 cm³/mol. The van der Waals surface area contributed by atoms with Gasteiger partial charge < -0.3 is 4.74 Å². The van der Waals surface area contributed by atoms with Crippen LogP contribution < -0.4 is 5.06 Å². The monoisotopic (exact) mass is 518 g/mol. The summed E-state index contributed by atoms with van der Waals surface area (Å²) in [6, 6.07) is 22.0. The van der Waals surface area contributed by atoms with Crippen LogP contribution in [0.4, 0.5) is 11.4 Å². The lowest BCUT2D eigenvalue weighted by Gasteiger charge is -2.26. The van der Waals surface area contributed by atoms with Gasteiger partial charge >= 0.3 is 0 Å². The van der Waals surface area contributed by atoms with Crippen LogP contribution in [0.3, 0.4) is 0 Å². The number of halogens is 2. The van der Waals surface area contributed by atoms with Crippen molar-refractivity contribution in [2.24, 2.45) is 0 Å². The molecular weight excluding hydrogens is 495 g/mol. The Morgan fingerprint density at radius 3 is 2.61 bits per heavy atom. The number of hydrogen-bond acceptors (Lipinski definition) is 6. The first-order chi connectivity index (χ1) is 17.6. The first-order valence-electron chi connectivity index (χ1n) is 11.6. The van der Waals surface area contributed by atoms with E-state index in [-0.39, 0.29) is 0 Å². The highest BCUT2D eigenvalue weighted by Gasteiger charge is 2.21. The van der Waals surface area contributed by atoms with Crippen molar-refractivity contribution in [2.45, 2.75) is 6.54 Å². The molecule has 0 amide bonds. The third-order valence-corrected chi connectivity index (χ3v) is 6.78. The number of anilines is 2. The van der Waals surface area contributed by atoms with Crippen LogP contribution in [0, 0.1) is 11.3 Å². The summed E-state index contributed by atoms with van der Waals surface area (Å²) < 4.78 is 5.47. The fraction of sp³-hybridized carbons (Fsp3) is 0.214. The quantitative estimate of drug-likeness (QED) is 0.267. The molecule has 36 heavy (non-hydrogen) atoms. The zero-order chi connectivity index (χ0) is 25.1. The molecule has 0 bridgehead atoms. The van der Waals surface area contributed by atoms with Crippen LogP contribution in [0.1, 0.15) is 11.1 Å². The van der Waals surface area contributed by atoms with Crippen molar-refractivity contribution < 1.29 is 9.57 Å². The Kier molecular flexibility index (Phi) is 7.38. The standard InChI is InChI=1S/C28H24Cl2N4O2/c1-35-34(27-8-6-23(29)15-25(27)30)28-22(16-31)17-32-26-14-21(5-7-24(26)28)20-4-2-3-19(13-20)18-33-9-11-36-12-10-33/h2-8,13-15,17H,9-12,18H2,1H3. The number of aromatic nitrogens is 1. The Labute approximate surface area is 220 Å². The lowest BCUT2D eigenvalue weighted by atomic mass is 10.00. The summed E-state index contributed by atoms with van der Waals surface area (Å²) in [6.07, 6.45) is 1.56. The lowest BCUT2D eigenvalue weighted by Crippen LogP contribution is -2.35. The fourth-order valence-electron chi connectivity index (χ4n) is 4.48. The fourth-order valence-corrected chi connectivity index (χ4v) is 4.97. The van der Waals surface area contributed by atoms with Crippen molar-refractivity contribution in [1.29, 1.82) is 5.26 Å². The number of hydrogen-bond donors (Lipinski definition) is 0. The highest BCUT2D eigenvalue weighted by atomic mass is 35.5. The molecule has 1 fully saturated rings. The molecule has 0 spiro atoms. The van der Waals surface area contributed by atoms with Crippen molar-refractivity contribution in [3.8, 4) is 17.2 Å². The third-order valence-electron chi connectivity index (χ3n) is 6.25. The Morgan fingerprint density at radius 1 is 1.06 bits per heavy atom. The van der Waals surface area contributed by atoms with E-state index in [1.54, 1.807) is 29.5 Å². The average Bonchev–Trinajstić information content (AvgIpc) is 2.90. The minimum Gasteiger partial charge on any atom is -0.379 e. The molecular formula is C28H24Cl2N4O2. The van der Waals surface area contributed by atoms with Gasteiger partial charge in [0.15, 0.2) is 0 Å². The molecule has 0 aliphatic carbocycles. The third kappa shape index (κ3) is 5.03. The Hall–Kier alpha value is -3.18. The number of morpholine rings is 1. The van der Waals surface area contributed by atoms with Gasteiger partial charge in [-0.15, -0.1) is 0 Å². The van der Waals surface area contributed by atoms with E-state index in [0.717, 1.165) is 54.9 Å². The van der Waals surface area contributed by atoms with Gasteiger partial charge in [0, 0.05) is 36.2 Å². The van der Waals surface area contributed by atoms with Crippen molar-refractivity contribution in [2.75, 3.05) is 38.5 Å². The number of pyridine rings is 1. The summed E-state index contributed by atoms with van der Waals surface area (Å²) in [5, 5.41) is 13.1. The van der Waals surface area contributed by atoms with E-state index in [1.807, 2.05) is 18.2 Å². The summed E-state index contributed by atoms with van der Waals surface area (Å²) in [7, 11) is 1.53. The highest BCUT2D eigenvalue weighted by Crippen LogP contribution is 2.39. The molecule has 0 atom stereocenters. The van der Waals surface area contributed by atoms with Gasteiger partial charge in [0.1, 0.15) is 6.07 Å². The molecule has 0 radical (unpaired) electrons. The van der Waals surface area contributed by atoms with E-state index in [1.165, 1.54) is 12.7 Å². The van der Waals surface area contributed by atoms with Gasteiger partial charge in [-0.1, -0.05) is 47.5 Å². The second kappa shape index (κ2) is 10.8. The molecule has 1 aromatic heterocycles. The van der Waals surface area contributed by atoms with Crippen LogP contribution >= 0.6 is 23.2 Å². The lowest BCUT2D eigenvalue weighted by molar-refractivity contribution is 0.0342.